The molecule has 1 aliphatic carbocycles. The Morgan fingerprint density at radius 3 is 2.56 bits per heavy atom. The summed E-state index contributed by atoms with van der Waals surface area (Å²) >= 11 is 1.83. The Bertz CT molecular complexity index is 953. The highest BCUT2D eigenvalue weighted by atomic mass is 32.1. The van der Waals surface area contributed by atoms with E-state index in [0.717, 1.165) is 25.8 Å². The molecule has 1 aromatic carbocycles. The molecule has 2 fully saturated rings. The number of hydrogen-bond donors (Lipinski definition) is 0. The largest absolute Gasteiger partial charge is 0.338 e. The van der Waals surface area contributed by atoms with Gasteiger partial charge in [0.2, 0.25) is 11.8 Å². The van der Waals surface area contributed by atoms with Crippen LogP contribution in [0, 0.1) is 5.92 Å². The van der Waals surface area contributed by atoms with Crippen LogP contribution in [0.5, 0.6) is 0 Å². The summed E-state index contributed by atoms with van der Waals surface area (Å²) in [6.07, 6.45) is 5.42. The second-order valence-electron chi connectivity index (χ2n) is 9.53. The fraction of sp³-hybridized carbons (Fsp3) is 0.538. The van der Waals surface area contributed by atoms with Gasteiger partial charge in [-0.3, -0.25) is 14.5 Å². The fourth-order valence-corrected chi connectivity index (χ4v) is 6.66. The van der Waals surface area contributed by atoms with E-state index in [9.17, 15) is 9.59 Å². The standard InChI is InChI=1S/C26H33N3O2S/c1-19-17-27(14-15-29(19)26(31)21-9-5-6-10-21)24(30)18-28-13-11-23-22(12-16-32-23)25(28)20-7-3-2-4-8-20/h2-4,7-8,12,16,19,21,25H,5-6,9-11,13-15,17-18H2,1H3/t19-,25-/m0/s1. The number of amides is 2. The highest BCUT2D eigenvalue weighted by Crippen LogP contribution is 2.37. The van der Waals surface area contributed by atoms with Crippen molar-refractivity contribution < 1.29 is 9.59 Å². The van der Waals surface area contributed by atoms with Gasteiger partial charge in [0.25, 0.3) is 0 Å². The maximum absolute atomic E-state index is 13.4. The summed E-state index contributed by atoms with van der Waals surface area (Å²) in [6, 6.07) is 13.0. The van der Waals surface area contributed by atoms with E-state index in [2.05, 4.69) is 47.5 Å². The van der Waals surface area contributed by atoms with Crippen molar-refractivity contribution >= 4 is 23.2 Å². The molecule has 0 N–H and O–H groups in total. The average Bonchev–Trinajstić information content (AvgIpc) is 3.51. The summed E-state index contributed by atoms with van der Waals surface area (Å²) in [6.45, 7) is 5.38. The minimum absolute atomic E-state index is 0.0931. The molecule has 2 atom stereocenters. The zero-order valence-corrected chi connectivity index (χ0v) is 19.7. The van der Waals surface area contributed by atoms with Crippen molar-refractivity contribution in [1.82, 2.24) is 14.7 Å². The second kappa shape index (κ2) is 9.36. The van der Waals surface area contributed by atoms with Crippen molar-refractivity contribution in [3.63, 3.8) is 0 Å². The maximum Gasteiger partial charge on any atom is 0.236 e. The summed E-state index contributed by atoms with van der Waals surface area (Å²) in [5.41, 5.74) is 2.60. The molecule has 5 nitrogen and oxygen atoms in total. The Kier molecular flexibility index (Phi) is 6.33. The topological polar surface area (TPSA) is 43.9 Å². The van der Waals surface area contributed by atoms with Crippen molar-refractivity contribution in [2.24, 2.45) is 5.92 Å². The summed E-state index contributed by atoms with van der Waals surface area (Å²) < 4.78 is 0. The molecule has 3 aliphatic rings. The van der Waals surface area contributed by atoms with Gasteiger partial charge in [0.1, 0.15) is 0 Å². The number of piperazine rings is 1. The smallest absolute Gasteiger partial charge is 0.236 e. The van der Waals surface area contributed by atoms with E-state index in [0.29, 0.717) is 32.1 Å². The molecule has 2 aromatic rings. The molecule has 1 saturated heterocycles. The predicted octanol–water partition coefficient (Wildman–Crippen LogP) is 3.95. The SMILES string of the molecule is C[C@H]1CN(C(=O)CN2CCc3sccc3[C@@H]2c2ccccc2)CCN1C(=O)C1CCCC1. The first-order chi connectivity index (χ1) is 15.6. The minimum Gasteiger partial charge on any atom is -0.338 e. The molecular formula is C26H33N3O2S. The molecule has 2 aliphatic heterocycles. The minimum atomic E-state index is 0.0931. The lowest BCUT2D eigenvalue weighted by Gasteiger charge is -2.42. The van der Waals surface area contributed by atoms with Crippen LogP contribution in [-0.4, -0.2) is 65.3 Å². The summed E-state index contributed by atoms with van der Waals surface area (Å²) in [5, 5.41) is 2.17. The lowest BCUT2D eigenvalue weighted by atomic mass is 9.93. The first-order valence-electron chi connectivity index (χ1n) is 12.1. The van der Waals surface area contributed by atoms with Crippen molar-refractivity contribution in [2.45, 2.75) is 51.1 Å². The monoisotopic (exact) mass is 451 g/mol. The van der Waals surface area contributed by atoms with E-state index >= 15 is 0 Å². The number of hydrogen-bond acceptors (Lipinski definition) is 4. The summed E-state index contributed by atoms with van der Waals surface area (Å²) in [4.78, 5) is 34.1. The van der Waals surface area contributed by atoms with Crippen molar-refractivity contribution in [3.05, 3.63) is 57.8 Å². The Labute approximate surface area is 195 Å². The number of rotatable bonds is 4. The van der Waals surface area contributed by atoms with Crippen LogP contribution < -0.4 is 0 Å². The van der Waals surface area contributed by atoms with E-state index in [1.807, 2.05) is 27.2 Å². The van der Waals surface area contributed by atoms with E-state index in [4.69, 9.17) is 0 Å². The number of thiophene rings is 1. The van der Waals surface area contributed by atoms with E-state index in [1.54, 1.807) is 0 Å². The van der Waals surface area contributed by atoms with Gasteiger partial charge < -0.3 is 9.80 Å². The second-order valence-corrected chi connectivity index (χ2v) is 10.5. The number of carbonyl (C=O) groups is 2. The van der Waals surface area contributed by atoms with Gasteiger partial charge in [0, 0.05) is 43.0 Å². The van der Waals surface area contributed by atoms with Crippen molar-refractivity contribution in [3.8, 4) is 0 Å². The van der Waals surface area contributed by atoms with Gasteiger partial charge in [-0.25, -0.2) is 0 Å². The van der Waals surface area contributed by atoms with Gasteiger partial charge >= 0.3 is 0 Å². The molecule has 0 radical (unpaired) electrons. The number of carbonyl (C=O) groups excluding carboxylic acids is 2. The summed E-state index contributed by atoms with van der Waals surface area (Å²) in [7, 11) is 0. The molecule has 32 heavy (non-hydrogen) atoms. The third-order valence-corrected chi connectivity index (χ3v) is 8.48. The molecule has 0 unspecified atom stereocenters. The molecule has 3 heterocycles. The summed E-state index contributed by atoms with van der Waals surface area (Å²) in [5.74, 6) is 0.705. The molecule has 6 heteroatoms. The highest BCUT2D eigenvalue weighted by Gasteiger charge is 2.36. The molecule has 5 rings (SSSR count). The molecule has 1 saturated carbocycles. The van der Waals surface area contributed by atoms with Crippen LogP contribution in [0.15, 0.2) is 41.8 Å². The molecule has 0 spiro atoms. The first kappa shape index (κ1) is 21.7. The van der Waals surface area contributed by atoms with Crippen LogP contribution in [0.25, 0.3) is 0 Å². The fourth-order valence-electron chi connectivity index (χ4n) is 5.76. The Balaban J connectivity index is 1.26. The van der Waals surface area contributed by atoms with Crippen LogP contribution in [-0.2, 0) is 16.0 Å². The van der Waals surface area contributed by atoms with Crippen LogP contribution in [0.4, 0.5) is 0 Å². The Morgan fingerprint density at radius 1 is 1.03 bits per heavy atom. The number of fused-ring (bicyclic) bond motifs is 1. The molecule has 170 valence electrons. The van der Waals surface area contributed by atoms with Gasteiger partial charge in [-0.1, -0.05) is 43.2 Å². The first-order valence-corrected chi connectivity index (χ1v) is 12.9. The van der Waals surface area contributed by atoms with Crippen LogP contribution in [0.3, 0.4) is 0 Å². The van der Waals surface area contributed by atoms with Gasteiger partial charge in [0.05, 0.1) is 12.6 Å². The van der Waals surface area contributed by atoms with E-state index < -0.39 is 0 Å². The number of benzene rings is 1. The van der Waals surface area contributed by atoms with Crippen LogP contribution >= 0.6 is 11.3 Å². The van der Waals surface area contributed by atoms with Gasteiger partial charge in [0.15, 0.2) is 0 Å². The highest BCUT2D eigenvalue weighted by molar-refractivity contribution is 7.10. The Morgan fingerprint density at radius 2 is 1.81 bits per heavy atom. The van der Waals surface area contributed by atoms with Gasteiger partial charge in [-0.2, -0.15) is 0 Å². The quantitative estimate of drug-likeness (QED) is 0.707. The van der Waals surface area contributed by atoms with E-state index in [1.165, 1.54) is 28.8 Å². The molecule has 1 aromatic heterocycles. The van der Waals surface area contributed by atoms with Crippen molar-refractivity contribution in [1.29, 1.82) is 0 Å². The van der Waals surface area contributed by atoms with Gasteiger partial charge in [-0.15, -0.1) is 11.3 Å². The predicted molar refractivity (Wildman–Crippen MR) is 128 cm³/mol. The van der Waals surface area contributed by atoms with Crippen molar-refractivity contribution in [2.75, 3.05) is 32.7 Å². The van der Waals surface area contributed by atoms with Crippen LogP contribution in [0.2, 0.25) is 0 Å². The Hall–Kier alpha value is -2.18. The lowest BCUT2D eigenvalue weighted by Crippen LogP contribution is -2.58. The zero-order valence-electron chi connectivity index (χ0n) is 18.9. The van der Waals surface area contributed by atoms with Gasteiger partial charge in [-0.05, 0) is 48.8 Å². The normalized spacial score (nSPS) is 24.5. The maximum atomic E-state index is 13.4. The zero-order chi connectivity index (χ0) is 22.1. The average molecular weight is 452 g/mol. The number of nitrogens with zero attached hydrogens (tertiary/aromatic N) is 3. The van der Waals surface area contributed by atoms with Crippen LogP contribution in [0.1, 0.15) is 54.7 Å². The third-order valence-electron chi connectivity index (χ3n) is 7.49. The third kappa shape index (κ3) is 4.23. The molecule has 0 bridgehead atoms. The van der Waals surface area contributed by atoms with E-state index in [-0.39, 0.29) is 23.9 Å². The molecular weight excluding hydrogens is 418 g/mol. The lowest BCUT2D eigenvalue weighted by molar-refractivity contribution is -0.145. The molecule has 2 amide bonds.